The smallest absolute Gasteiger partial charge is 0.362 e. The van der Waals surface area contributed by atoms with Crippen molar-refractivity contribution < 1.29 is 23.9 Å². The van der Waals surface area contributed by atoms with Gasteiger partial charge in [0, 0.05) is 0 Å². The molecule has 0 aliphatic rings. The molecule has 0 radical (unpaired) electrons. The van der Waals surface area contributed by atoms with Gasteiger partial charge in [0.1, 0.15) is 6.54 Å². The fraction of sp³-hybridized carbons (Fsp3) is 0.917. The molecule has 0 aromatic carbocycles. The summed E-state index contributed by atoms with van der Waals surface area (Å²) in [4.78, 5) is 19.1. The molecule has 0 aliphatic heterocycles. The highest BCUT2D eigenvalue weighted by Gasteiger charge is 2.48. The van der Waals surface area contributed by atoms with Gasteiger partial charge in [0.05, 0.1) is 21.1 Å². The van der Waals surface area contributed by atoms with Crippen LogP contribution in [-0.2, 0) is 4.57 Å². The van der Waals surface area contributed by atoms with E-state index in [-0.39, 0.29) is 13.0 Å². The molecule has 0 aromatic heterocycles. The van der Waals surface area contributed by atoms with Gasteiger partial charge >= 0.3 is 7.60 Å². The average molecular weight is 449 g/mol. The topological polar surface area (TPSA) is 77.8 Å². The van der Waals surface area contributed by atoms with Crippen molar-refractivity contribution >= 4 is 7.60 Å². The number of quaternary nitrogens is 1. The maximum Gasteiger partial charge on any atom is 0.362 e. The van der Waals surface area contributed by atoms with Crippen LogP contribution < -0.4 is 0 Å². The Morgan fingerprint density at radius 1 is 0.733 bits per heavy atom. The third-order valence-corrected chi connectivity index (χ3v) is 7.07. The zero-order chi connectivity index (χ0) is 22.9. The minimum Gasteiger partial charge on any atom is -0.373 e. The predicted octanol–water partition coefficient (Wildman–Crippen LogP) is 6.38. The predicted molar refractivity (Wildman–Crippen MR) is 129 cm³/mol. The van der Waals surface area contributed by atoms with E-state index >= 15 is 0 Å². The van der Waals surface area contributed by atoms with Crippen molar-refractivity contribution in [2.75, 3.05) is 27.7 Å². The average Bonchev–Trinajstić information content (AvgIpc) is 2.62. The van der Waals surface area contributed by atoms with Gasteiger partial charge in [0.15, 0.2) is 0 Å². The Kier molecular flexibility index (Phi) is 16.3. The summed E-state index contributed by atoms with van der Waals surface area (Å²) in [6.45, 7) is 2.30. The second-order valence-corrected chi connectivity index (χ2v) is 11.9. The van der Waals surface area contributed by atoms with Crippen LogP contribution in [0.1, 0.15) is 110 Å². The van der Waals surface area contributed by atoms with Crippen LogP contribution in [-0.4, -0.2) is 52.4 Å². The molecule has 1 atom stereocenters. The van der Waals surface area contributed by atoms with Gasteiger partial charge in [0.2, 0.25) is 5.34 Å². The SMILES string of the molecule is CCCCCCCCCCCCCCC/C=C\CCC(O)(C[N+](C)(C)C)P(=O)(O)O. The van der Waals surface area contributed by atoms with E-state index in [2.05, 4.69) is 13.0 Å². The van der Waals surface area contributed by atoms with Crippen molar-refractivity contribution in [1.82, 2.24) is 0 Å². The molecule has 180 valence electrons. The summed E-state index contributed by atoms with van der Waals surface area (Å²) in [5.41, 5.74) is 0. The molecule has 3 N–H and O–H groups in total. The van der Waals surface area contributed by atoms with Crippen LogP contribution in [0.4, 0.5) is 0 Å². The molecule has 0 bridgehead atoms. The fourth-order valence-electron chi connectivity index (χ4n) is 3.91. The maximum atomic E-state index is 11.7. The Hall–Kier alpha value is -0.190. The molecule has 0 saturated carbocycles. The van der Waals surface area contributed by atoms with Gasteiger partial charge in [-0.05, 0) is 25.7 Å². The van der Waals surface area contributed by atoms with Crippen LogP contribution in [0.2, 0.25) is 0 Å². The van der Waals surface area contributed by atoms with Crippen molar-refractivity contribution in [3.8, 4) is 0 Å². The largest absolute Gasteiger partial charge is 0.373 e. The van der Waals surface area contributed by atoms with Gasteiger partial charge < -0.3 is 19.4 Å². The Bertz CT molecular complexity index is 484. The minimum atomic E-state index is -4.57. The standard InChI is InChI=1S/C24H50NO4P/c1-5-6-7-8-9-10-11-12-13-14-15-16-17-18-19-20-21-22-24(26,30(27,28)29)23-25(2,3)4/h19-20,26H,5-18,21-23H2,1-4H3,(H-,27,28,29)/p+1/b20-19-. The number of hydrogen-bond acceptors (Lipinski definition) is 2. The third-order valence-electron chi connectivity index (χ3n) is 5.62. The molecule has 0 spiro atoms. The third kappa shape index (κ3) is 16.5. The van der Waals surface area contributed by atoms with Crippen molar-refractivity contribution in [1.29, 1.82) is 0 Å². The van der Waals surface area contributed by atoms with E-state index in [1.165, 1.54) is 77.0 Å². The Morgan fingerprint density at radius 3 is 1.53 bits per heavy atom. The van der Waals surface area contributed by atoms with E-state index in [9.17, 15) is 19.5 Å². The number of unbranched alkanes of at least 4 members (excludes halogenated alkanes) is 13. The van der Waals surface area contributed by atoms with E-state index in [4.69, 9.17) is 0 Å². The van der Waals surface area contributed by atoms with E-state index in [1.54, 1.807) is 0 Å². The lowest BCUT2D eigenvalue weighted by Gasteiger charge is -2.35. The second-order valence-electron chi connectivity index (χ2n) is 10.0. The highest BCUT2D eigenvalue weighted by atomic mass is 31.2. The quantitative estimate of drug-likeness (QED) is 0.0874. The highest BCUT2D eigenvalue weighted by molar-refractivity contribution is 7.53. The summed E-state index contributed by atoms with van der Waals surface area (Å²) in [6, 6.07) is 0. The number of nitrogens with zero attached hydrogens (tertiary/aromatic N) is 1. The molecule has 0 fully saturated rings. The van der Waals surface area contributed by atoms with Crippen LogP contribution in [0.25, 0.3) is 0 Å². The van der Waals surface area contributed by atoms with E-state index in [0.29, 0.717) is 10.9 Å². The van der Waals surface area contributed by atoms with Gasteiger partial charge in [0.25, 0.3) is 0 Å². The molecular weight excluding hydrogens is 397 g/mol. The molecule has 5 nitrogen and oxygen atoms in total. The first-order valence-corrected chi connectivity index (χ1v) is 13.9. The second kappa shape index (κ2) is 16.4. The Balaban J connectivity index is 3.70. The van der Waals surface area contributed by atoms with Gasteiger partial charge in [-0.3, -0.25) is 4.57 Å². The van der Waals surface area contributed by atoms with Crippen LogP contribution in [0.5, 0.6) is 0 Å². The van der Waals surface area contributed by atoms with Crippen LogP contribution in [0.15, 0.2) is 12.2 Å². The molecular formula is C24H51NO4P+. The zero-order valence-corrected chi connectivity index (χ0v) is 21.2. The summed E-state index contributed by atoms with van der Waals surface area (Å²) in [5, 5.41) is 8.54. The summed E-state index contributed by atoms with van der Waals surface area (Å²) < 4.78 is 12.1. The fourth-order valence-corrected chi connectivity index (χ4v) is 4.94. The van der Waals surface area contributed by atoms with Crippen molar-refractivity contribution in [2.24, 2.45) is 0 Å². The van der Waals surface area contributed by atoms with Crippen molar-refractivity contribution in [3.63, 3.8) is 0 Å². The number of rotatable bonds is 20. The maximum absolute atomic E-state index is 11.7. The number of hydrogen-bond donors (Lipinski definition) is 3. The normalized spacial score (nSPS) is 15.0. The van der Waals surface area contributed by atoms with Crippen LogP contribution in [0.3, 0.4) is 0 Å². The molecule has 0 rings (SSSR count). The Labute approximate surface area is 186 Å². The molecule has 0 aliphatic carbocycles. The summed E-state index contributed by atoms with van der Waals surface area (Å²) in [6.07, 6.45) is 23.1. The molecule has 0 saturated heterocycles. The van der Waals surface area contributed by atoms with Gasteiger partial charge in [-0.15, -0.1) is 0 Å². The van der Waals surface area contributed by atoms with Crippen molar-refractivity contribution in [3.05, 3.63) is 12.2 Å². The summed E-state index contributed by atoms with van der Waals surface area (Å²) in [7, 11) is 0.904. The van der Waals surface area contributed by atoms with Gasteiger partial charge in [-0.25, -0.2) is 0 Å². The molecule has 6 heteroatoms. The minimum absolute atomic E-state index is 0.0317. The first kappa shape index (κ1) is 29.8. The first-order chi connectivity index (χ1) is 14.0. The Morgan fingerprint density at radius 2 is 1.13 bits per heavy atom. The summed E-state index contributed by atoms with van der Waals surface area (Å²) >= 11 is 0. The number of aliphatic hydroxyl groups is 1. The van der Waals surface area contributed by atoms with E-state index < -0.39 is 12.9 Å². The molecule has 0 amide bonds. The van der Waals surface area contributed by atoms with Crippen LogP contribution in [0, 0.1) is 0 Å². The number of likely N-dealkylation sites (N-methyl/N-ethyl adjacent to an activating group) is 1. The van der Waals surface area contributed by atoms with E-state index in [0.717, 1.165) is 12.8 Å². The molecule has 0 heterocycles. The lowest BCUT2D eigenvalue weighted by Crippen LogP contribution is -2.49. The number of allylic oxidation sites excluding steroid dienone is 2. The van der Waals surface area contributed by atoms with Crippen molar-refractivity contribution in [2.45, 2.75) is 115 Å². The first-order valence-electron chi connectivity index (χ1n) is 12.3. The molecule has 1 unspecified atom stereocenters. The highest BCUT2D eigenvalue weighted by Crippen LogP contribution is 2.52. The zero-order valence-electron chi connectivity index (χ0n) is 20.3. The van der Waals surface area contributed by atoms with Gasteiger partial charge in [-0.1, -0.05) is 96.1 Å². The molecule has 30 heavy (non-hydrogen) atoms. The summed E-state index contributed by atoms with van der Waals surface area (Å²) in [5.74, 6) is 0. The van der Waals surface area contributed by atoms with Crippen LogP contribution >= 0.6 is 7.60 Å². The van der Waals surface area contributed by atoms with E-state index in [1.807, 2.05) is 27.2 Å². The monoisotopic (exact) mass is 448 g/mol. The van der Waals surface area contributed by atoms with Gasteiger partial charge in [-0.2, -0.15) is 0 Å². The lowest BCUT2D eigenvalue weighted by atomic mass is 10.0. The molecule has 0 aromatic rings. The lowest BCUT2D eigenvalue weighted by molar-refractivity contribution is -0.875.